The molecule has 0 aliphatic carbocycles. The predicted octanol–water partition coefficient (Wildman–Crippen LogP) is 3.97. The van der Waals surface area contributed by atoms with Crippen LogP contribution in [0.2, 0.25) is 5.02 Å². The van der Waals surface area contributed by atoms with Gasteiger partial charge in [0.2, 0.25) is 6.79 Å². The Hall–Kier alpha value is -2.64. The van der Waals surface area contributed by atoms with E-state index in [9.17, 15) is 9.59 Å². The van der Waals surface area contributed by atoms with Gasteiger partial charge in [0.1, 0.15) is 12.4 Å². The van der Waals surface area contributed by atoms with Crippen molar-refractivity contribution in [2.75, 3.05) is 6.79 Å². The summed E-state index contributed by atoms with van der Waals surface area (Å²) in [5, 5.41) is 2.24. The van der Waals surface area contributed by atoms with E-state index in [2.05, 4.69) is 5.32 Å². The van der Waals surface area contributed by atoms with Crippen LogP contribution in [-0.2, 0) is 11.4 Å². The molecule has 2 aromatic carbocycles. The fourth-order valence-electron chi connectivity index (χ4n) is 2.49. The van der Waals surface area contributed by atoms with Gasteiger partial charge < -0.3 is 14.2 Å². The van der Waals surface area contributed by atoms with Crippen LogP contribution in [0.1, 0.15) is 11.1 Å². The maximum absolute atomic E-state index is 11.6. The topological polar surface area (TPSA) is 73.9 Å². The van der Waals surface area contributed by atoms with E-state index < -0.39 is 5.91 Å². The Morgan fingerprint density at radius 1 is 1.15 bits per heavy atom. The van der Waals surface area contributed by atoms with E-state index in [4.69, 9.17) is 25.8 Å². The minimum absolute atomic E-state index is 0.227. The molecule has 0 atom stereocenters. The zero-order valence-corrected chi connectivity index (χ0v) is 14.9. The van der Waals surface area contributed by atoms with E-state index in [0.717, 1.165) is 23.1 Å². The lowest BCUT2D eigenvalue weighted by Gasteiger charge is -2.09. The largest absolute Gasteiger partial charge is 0.487 e. The van der Waals surface area contributed by atoms with Crippen molar-refractivity contribution in [2.45, 2.75) is 6.61 Å². The van der Waals surface area contributed by atoms with Gasteiger partial charge in [0.05, 0.1) is 9.93 Å². The maximum Gasteiger partial charge on any atom is 0.290 e. The second-order valence-corrected chi connectivity index (χ2v) is 6.94. The van der Waals surface area contributed by atoms with Gasteiger partial charge in [-0.3, -0.25) is 14.9 Å². The lowest BCUT2D eigenvalue weighted by Crippen LogP contribution is -2.17. The summed E-state index contributed by atoms with van der Waals surface area (Å²) in [6, 6.07) is 10.8. The van der Waals surface area contributed by atoms with Gasteiger partial charge >= 0.3 is 0 Å². The molecule has 1 saturated heterocycles. The summed E-state index contributed by atoms with van der Waals surface area (Å²) in [5.74, 6) is 1.53. The molecule has 2 aliphatic heterocycles. The predicted molar refractivity (Wildman–Crippen MR) is 97.5 cm³/mol. The van der Waals surface area contributed by atoms with Gasteiger partial charge in [0, 0.05) is 0 Å². The number of rotatable bonds is 4. The van der Waals surface area contributed by atoms with E-state index >= 15 is 0 Å². The number of fused-ring (bicyclic) bond motifs is 1. The van der Waals surface area contributed by atoms with Crippen LogP contribution in [0.5, 0.6) is 17.2 Å². The van der Waals surface area contributed by atoms with Crippen molar-refractivity contribution in [1.29, 1.82) is 0 Å². The summed E-state index contributed by atoms with van der Waals surface area (Å²) in [7, 11) is 0. The van der Waals surface area contributed by atoms with Crippen LogP contribution in [0, 0.1) is 0 Å². The van der Waals surface area contributed by atoms with E-state index in [1.165, 1.54) is 0 Å². The Labute approximate surface area is 158 Å². The molecule has 6 nitrogen and oxygen atoms in total. The van der Waals surface area contributed by atoms with Crippen molar-refractivity contribution in [3.63, 3.8) is 0 Å². The van der Waals surface area contributed by atoms with Crippen LogP contribution in [0.4, 0.5) is 4.79 Å². The van der Waals surface area contributed by atoms with E-state index in [1.807, 2.05) is 18.2 Å². The molecule has 132 valence electrons. The number of hydrogen-bond acceptors (Lipinski definition) is 6. The molecule has 26 heavy (non-hydrogen) atoms. The van der Waals surface area contributed by atoms with Crippen molar-refractivity contribution in [3.8, 4) is 17.2 Å². The molecule has 1 fully saturated rings. The van der Waals surface area contributed by atoms with Gasteiger partial charge in [0.25, 0.3) is 11.1 Å². The number of nitrogens with one attached hydrogen (secondary N) is 1. The summed E-state index contributed by atoms with van der Waals surface area (Å²) >= 11 is 7.13. The number of carbonyl (C=O) groups excluding carboxylic acids is 2. The van der Waals surface area contributed by atoms with Gasteiger partial charge in [-0.2, -0.15) is 0 Å². The second kappa shape index (κ2) is 6.93. The molecular formula is C18H12ClNO5S. The lowest BCUT2D eigenvalue weighted by atomic mass is 10.2. The highest BCUT2D eigenvalue weighted by Crippen LogP contribution is 2.34. The van der Waals surface area contributed by atoms with Gasteiger partial charge in [-0.05, 0) is 53.2 Å². The molecule has 0 aromatic heterocycles. The standard InChI is InChI=1S/C18H12ClNO5S/c19-12-5-10(7-16-17(21)20-18(22)26-16)1-3-13(12)23-8-11-2-4-14-15(6-11)25-9-24-14/h1-7H,8-9H2,(H,20,21,22)/b16-7-. The summed E-state index contributed by atoms with van der Waals surface area (Å²) in [6.07, 6.45) is 1.61. The molecule has 0 spiro atoms. The molecule has 4 rings (SSSR count). The van der Waals surface area contributed by atoms with Crippen LogP contribution in [-0.4, -0.2) is 17.9 Å². The number of carbonyl (C=O) groups is 2. The molecule has 2 heterocycles. The van der Waals surface area contributed by atoms with Crippen LogP contribution in [0.25, 0.3) is 6.08 Å². The van der Waals surface area contributed by atoms with Gasteiger partial charge in [-0.25, -0.2) is 0 Å². The Morgan fingerprint density at radius 2 is 2.00 bits per heavy atom. The number of amides is 2. The Kier molecular flexibility index (Phi) is 4.48. The number of imide groups is 1. The van der Waals surface area contributed by atoms with Crippen molar-refractivity contribution >= 4 is 40.6 Å². The number of thioether (sulfide) groups is 1. The van der Waals surface area contributed by atoms with E-state index in [1.54, 1.807) is 24.3 Å². The molecule has 0 radical (unpaired) electrons. The third-order valence-corrected chi connectivity index (χ3v) is 4.83. The van der Waals surface area contributed by atoms with Crippen LogP contribution in [0.15, 0.2) is 41.3 Å². The number of ether oxygens (including phenoxy) is 3. The highest BCUT2D eigenvalue weighted by molar-refractivity contribution is 8.18. The Balaban J connectivity index is 1.46. The van der Waals surface area contributed by atoms with Gasteiger partial charge in [-0.1, -0.05) is 23.7 Å². The van der Waals surface area contributed by atoms with Crippen LogP contribution >= 0.6 is 23.4 Å². The molecular weight excluding hydrogens is 378 g/mol. The molecule has 0 saturated carbocycles. The third-order valence-electron chi connectivity index (χ3n) is 3.73. The summed E-state index contributed by atoms with van der Waals surface area (Å²) in [6.45, 7) is 0.550. The highest BCUT2D eigenvalue weighted by Gasteiger charge is 2.25. The third kappa shape index (κ3) is 3.49. The summed E-state index contributed by atoms with van der Waals surface area (Å²) in [4.78, 5) is 23.1. The first kappa shape index (κ1) is 16.8. The minimum atomic E-state index is -0.403. The van der Waals surface area contributed by atoms with Crippen molar-refractivity contribution in [3.05, 3.63) is 57.5 Å². The average molecular weight is 390 g/mol. The van der Waals surface area contributed by atoms with Crippen molar-refractivity contribution in [1.82, 2.24) is 5.32 Å². The molecule has 1 N–H and O–H groups in total. The number of hydrogen-bond donors (Lipinski definition) is 1. The van der Waals surface area contributed by atoms with Crippen molar-refractivity contribution in [2.24, 2.45) is 0 Å². The first-order valence-corrected chi connectivity index (χ1v) is 8.84. The summed E-state index contributed by atoms with van der Waals surface area (Å²) in [5.41, 5.74) is 1.63. The van der Waals surface area contributed by atoms with Crippen LogP contribution < -0.4 is 19.5 Å². The first-order chi connectivity index (χ1) is 12.6. The first-order valence-electron chi connectivity index (χ1n) is 7.64. The number of benzene rings is 2. The highest BCUT2D eigenvalue weighted by atomic mass is 35.5. The van der Waals surface area contributed by atoms with Gasteiger partial charge in [0.15, 0.2) is 11.5 Å². The fourth-order valence-corrected chi connectivity index (χ4v) is 3.41. The maximum atomic E-state index is 11.6. The Morgan fingerprint density at radius 3 is 2.77 bits per heavy atom. The van der Waals surface area contributed by atoms with E-state index in [-0.39, 0.29) is 12.0 Å². The van der Waals surface area contributed by atoms with Crippen molar-refractivity contribution < 1.29 is 23.8 Å². The quantitative estimate of drug-likeness (QED) is 0.797. The zero-order valence-electron chi connectivity index (χ0n) is 13.3. The lowest BCUT2D eigenvalue weighted by molar-refractivity contribution is -0.115. The fraction of sp³-hybridized carbons (Fsp3) is 0.111. The van der Waals surface area contributed by atoms with Gasteiger partial charge in [-0.15, -0.1) is 0 Å². The monoisotopic (exact) mass is 389 g/mol. The normalized spacial score (nSPS) is 16.9. The van der Waals surface area contributed by atoms with Crippen LogP contribution in [0.3, 0.4) is 0 Å². The smallest absolute Gasteiger partial charge is 0.290 e. The summed E-state index contributed by atoms with van der Waals surface area (Å²) < 4.78 is 16.4. The SMILES string of the molecule is O=C1NC(=O)/C(=C/c2ccc(OCc3ccc4c(c3)OCO4)c(Cl)c2)S1. The average Bonchev–Trinajstić information content (AvgIpc) is 3.19. The molecule has 0 bridgehead atoms. The molecule has 2 aromatic rings. The molecule has 0 unspecified atom stereocenters. The number of halogens is 1. The minimum Gasteiger partial charge on any atom is -0.487 e. The second-order valence-electron chi connectivity index (χ2n) is 5.52. The Bertz CT molecular complexity index is 943. The molecule has 2 aliphatic rings. The molecule has 2 amide bonds. The van der Waals surface area contributed by atoms with E-state index in [0.29, 0.717) is 33.6 Å². The molecule has 8 heteroatoms. The zero-order chi connectivity index (χ0) is 18.1.